The van der Waals surface area contributed by atoms with Crippen LogP contribution in [0.4, 0.5) is 5.69 Å². The molecular weight excluding hydrogens is 416 g/mol. The molecule has 0 radical (unpaired) electrons. The summed E-state index contributed by atoms with van der Waals surface area (Å²) in [5.41, 5.74) is 6.51. The van der Waals surface area contributed by atoms with Crippen molar-refractivity contribution in [2.45, 2.75) is 47.8 Å². The van der Waals surface area contributed by atoms with Crippen LogP contribution in [0, 0.1) is 34.6 Å². The molecule has 2 heterocycles. The van der Waals surface area contributed by atoms with E-state index in [1.165, 1.54) is 5.56 Å². The molecule has 7 nitrogen and oxygen atoms in total. The molecule has 33 heavy (non-hydrogen) atoms. The lowest BCUT2D eigenvalue weighted by Gasteiger charge is -2.10. The molecule has 0 unspecified atom stereocenters. The molecule has 4 aromatic rings. The number of nitrogens with one attached hydrogen (secondary N) is 1. The van der Waals surface area contributed by atoms with Crippen molar-refractivity contribution in [1.82, 2.24) is 14.9 Å². The fourth-order valence-corrected chi connectivity index (χ4v) is 3.68. The largest absolute Gasteiger partial charge is 0.488 e. The van der Waals surface area contributed by atoms with E-state index in [1.54, 1.807) is 6.92 Å². The number of carbonyl (C=O) groups excluding carboxylic acids is 1. The van der Waals surface area contributed by atoms with Crippen LogP contribution >= 0.6 is 0 Å². The van der Waals surface area contributed by atoms with Gasteiger partial charge in [0.1, 0.15) is 18.1 Å². The van der Waals surface area contributed by atoms with Gasteiger partial charge in [-0.25, -0.2) is 0 Å². The smallest absolute Gasteiger partial charge is 0.278 e. The van der Waals surface area contributed by atoms with E-state index in [0.29, 0.717) is 23.6 Å². The van der Waals surface area contributed by atoms with E-state index in [4.69, 9.17) is 9.26 Å². The lowest BCUT2D eigenvalue weighted by molar-refractivity contribution is 0.101. The fraction of sp³-hybridized carbons (Fsp3) is 0.269. The van der Waals surface area contributed by atoms with Crippen molar-refractivity contribution in [3.63, 3.8) is 0 Å². The van der Waals surface area contributed by atoms with E-state index in [-0.39, 0.29) is 18.2 Å². The van der Waals surface area contributed by atoms with E-state index in [2.05, 4.69) is 46.8 Å². The lowest BCUT2D eigenvalue weighted by Crippen LogP contribution is -2.16. The molecule has 0 aliphatic carbocycles. The average Bonchev–Trinajstić information content (AvgIpc) is 3.29. The van der Waals surface area contributed by atoms with Gasteiger partial charge in [-0.2, -0.15) is 5.10 Å². The summed E-state index contributed by atoms with van der Waals surface area (Å²) < 4.78 is 13.1. The molecule has 0 atom stereocenters. The SMILES string of the molecule is Cc1ccc(Cn2nc(C)c(NC(=O)c3noc(C)c3COc3ccccc3C)c2C)cc1. The molecule has 0 aliphatic rings. The number of carbonyl (C=O) groups is 1. The molecule has 7 heteroatoms. The van der Waals surface area contributed by atoms with Crippen LogP contribution in [-0.4, -0.2) is 20.8 Å². The monoisotopic (exact) mass is 444 g/mol. The minimum Gasteiger partial charge on any atom is -0.488 e. The molecule has 2 aromatic heterocycles. The van der Waals surface area contributed by atoms with Crippen molar-refractivity contribution in [3.8, 4) is 5.75 Å². The van der Waals surface area contributed by atoms with E-state index in [9.17, 15) is 4.79 Å². The van der Waals surface area contributed by atoms with Gasteiger partial charge in [0.2, 0.25) is 0 Å². The van der Waals surface area contributed by atoms with Gasteiger partial charge in [-0.1, -0.05) is 53.2 Å². The van der Waals surface area contributed by atoms with Crippen molar-refractivity contribution in [3.05, 3.63) is 93.6 Å². The summed E-state index contributed by atoms with van der Waals surface area (Å²) >= 11 is 0. The van der Waals surface area contributed by atoms with E-state index < -0.39 is 0 Å². The number of ether oxygens (including phenoxy) is 1. The van der Waals surface area contributed by atoms with Crippen molar-refractivity contribution >= 4 is 11.6 Å². The Hall–Kier alpha value is -3.87. The summed E-state index contributed by atoms with van der Waals surface area (Å²) in [5.74, 6) is 0.960. The molecule has 0 bridgehead atoms. The number of para-hydroxylation sites is 1. The highest BCUT2D eigenvalue weighted by molar-refractivity contribution is 6.04. The standard InChI is InChI=1S/C26H28N4O3/c1-16-10-12-21(13-11-16)14-30-19(4)24(18(3)28-30)27-26(31)25-22(20(5)33-29-25)15-32-23-9-7-6-8-17(23)2/h6-13H,14-15H2,1-5H3,(H,27,31). The molecule has 2 aromatic carbocycles. The third-order valence-electron chi connectivity index (χ3n) is 5.74. The van der Waals surface area contributed by atoms with Crippen molar-refractivity contribution < 1.29 is 14.1 Å². The molecule has 170 valence electrons. The predicted molar refractivity (Wildman–Crippen MR) is 127 cm³/mol. The highest BCUT2D eigenvalue weighted by Crippen LogP contribution is 2.24. The van der Waals surface area contributed by atoms with Gasteiger partial charge < -0.3 is 14.6 Å². The summed E-state index contributed by atoms with van der Waals surface area (Å²) in [6.45, 7) is 10.5. The fourth-order valence-electron chi connectivity index (χ4n) is 3.68. The van der Waals surface area contributed by atoms with Crippen molar-refractivity contribution in [2.24, 2.45) is 0 Å². The van der Waals surface area contributed by atoms with Gasteiger partial charge >= 0.3 is 0 Å². The maximum atomic E-state index is 13.1. The number of hydrogen-bond donors (Lipinski definition) is 1. The predicted octanol–water partition coefficient (Wildman–Crippen LogP) is 5.29. The maximum Gasteiger partial charge on any atom is 0.278 e. The summed E-state index contributed by atoms with van der Waals surface area (Å²) in [6.07, 6.45) is 0. The highest BCUT2D eigenvalue weighted by Gasteiger charge is 2.23. The van der Waals surface area contributed by atoms with Gasteiger partial charge in [-0.15, -0.1) is 0 Å². The molecule has 0 saturated heterocycles. The first-order chi connectivity index (χ1) is 15.8. The molecule has 4 rings (SSSR count). The quantitative estimate of drug-likeness (QED) is 0.419. The summed E-state index contributed by atoms with van der Waals surface area (Å²) in [7, 11) is 0. The zero-order valence-electron chi connectivity index (χ0n) is 19.6. The number of aromatic nitrogens is 3. The lowest BCUT2D eigenvalue weighted by atomic mass is 10.1. The normalized spacial score (nSPS) is 10.9. The first kappa shape index (κ1) is 22.3. The number of amides is 1. The van der Waals surface area contributed by atoms with Crippen LogP contribution in [0.2, 0.25) is 0 Å². The van der Waals surface area contributed by atoms with Gasteiger partial charge in [0.25, 0.3) is 5.91 Å². The number of rotatable bonds is 7. The van der Waals surface area contributed by atoms with Crippen LogP contribution in [0.1, 0.15) is 49.9 Å². The molecule has 0 saturated carbocycles. The Morgan fingerprint density at radius 2 is 1.76 bits per heavy atom. The van der Waals surface area contributed by atoms with E-state index in [0.717, 1.165) is 28.3 Å². The van der Waals surface area contributed by atoms with Crippen LogP contribution in [0.5, 0.6) is 5.75 Å². The summed E-state index contributed by atoms with van der Waals surface area (Å²) in [4.78, 5) is 13.1. The second kappa shape index (κ2) is 9.32. The molecule has 0 spiro atoms. The molecule has 0 fully saturated rings. The van der Waals surface area contributed by atoms with Crippen LogP contribution in [0.25, 0.3) is 0 Å². The zero-order valence-corrected chi connectivity index (χ0v) is 19.6. The second-order valence-electron chi connectivity index (χ2n) is 8.26. The van der Waals surface area contributed by atoms with E-state index in [1.807, 2.05) is 49.7 Å². The Kier molecular flexibility index (Phi) is 6.31. The van der Waals surface area contributed by atoms with Gasteiger partial charge in [0, 0.05) is 0 Å². The third kappa shape index (κ3) is 4.82. The van der Waals surface area contributed by atoms with Crippen molar-refractivity contribution in [2.75, 3.05) is 5.32 Å². The molecule has 1 N–H and O–H groups in total. The number of aryl methyl sites for hydroxylation is 4. The number of benzene rings is 2. The van der Waals surface area contributed by atoms with Gasteiger partial charge in [-0.05, 0) is 51.8 Å². The van der Waals surface area contributed by atoms with Crippen LogP contribution in [0.15, 0.2) is 53.1 Å². The molecule has 0 aliphatic heterocycles. The Bertz CT molecular complexity index is 1290. The number of hydrogen-bond acceptors (Lipinski definition) is 5. The molecule has 1 amide bonds. The second-order valence-corrected chi connectivity index (χ2v) is 8.26. The van der Waals surface area contributed by atoms with Gasteiger partial charge in [0.15, 0.2) is 5.69 Å². The van der Waals surface area contributed by atoms with Crippen LogP contribution in [0.3, 0.4) is 0 Å². The Morgan fingerprint density at radius 1 is 1.03 bits per heavy atom. The van der Waals surface area contributed by atoms with Crippen molar-refractivity contribution in [1.29, 1.82) is 0 Å². The minimum atomic E-state index is -0.351. The minimum absolute atomic E-state index is 0.188. The summed E-state index contributed by atoms with van der Waals surface area (Å²) in [6, 6.07) is 16.1. The van der Waals surface area contributed by atoms with Gasteiger partial charge in [0.05, 0.1) is 29.2 Å². The first-order valence-corrected chi connectivity index (χ1v) is 10.9. The van der Waals surface area contributed by atoms with E-state index >= 15 is 0 Å². The maximum absolute atomic E-state index is 13.1. The number of anilines is 1. The Labute approximate surface area is 193 Å². The van der Waals surface area contributed by atoms with Gasteiger partial charge in [-0.3, -0.25) is 9.48 Å². The third-order valence-corrected chi connectivity index (χ3v) is 5.74. The Morgan fingerprint density at radius 3 is 2.48 bits per heavy atom. The molecular formula is C26H28N4O3. The first-order valence-electron chi connectivity index (χ1n) is 10.9. The topological polar surface area (TPSA) is 82.2 Å². The zero-order chi connectivity index (χ0) is 23.5. The van der Waals surface area contributed by atoms with Crippen LogP contribution < -0.4 is 10.1 Å². The highest BCUT2D eigenvalue weighted by atomic mass is 16.5. The Balaban J connectivity index is 1.51. The average molecular weight is 445 g/mol. The summed E-state index contributed by atoms with van der Waals surface area (Å²) in [5, 5.41) is 11.6. The number of nitrogens with zero attached hydrogens (tertiary/aromatic N) is 3. The van der Waals surface area contributed by atoms with Crippen LogP contribution in [-0.2, 0) is 13.2 Å².